The molecule has 1 aromatic carbocycles. The second kappa shape index (κ2) is 9.43. The van der Waals surface area contributed by atoms with Crippen LogP contribution >= 0.6 is 12.4 Å². The maximum absolute atomic E-state index is 11.8. The molecule has 1 aliphatic heterocycles. The van der Waals surface area contributed by atoms with Gasteiger partial charge in [-0.25, -0.2) is 4.79 Å². The predicted octanol–water partition coefficient (Wildman–Crippen LogP) is 2.04. The maximum atomic E-state index is 11.8. The maximum Gasteiger partial charge on any atom is 0.338 e. The molecule has 0 spiro atoms. The minimum atomic E-state index is -0.319. The first-order valence-electron chi connectivity index (χ1n) is 7.45. The number of rotatable bonds is 6. The Morgan fingerprint density at radius 1 is 1.32 bits per heavy atom. The third-order valence-corrected chi connectivity index (χ3v) is 3.55. The minimum Gasteiger partial charge on any atom is -0.462 e. The largest absolute Gasteiger partial charge is 0.462 e. The van der Waals surface area contributed by atoms with Crippen molar-refractivity contribution in [3.8, 4) is 0 Å². The SMILES string of the molecule is CCOC(=O)c1ccc(CNC(=O)CC2CCCN2)cc1.Cl. The van der Waals surface area contributed by atoms with E-state index in [2.05, 4.69) is 10.6 Å². The van der Waals surface area contributed by atoms with E-state index in [0.29, 0.717) is 31.2 Å². The number of hydrogen-bond donors (Lipinski definition) is 2. The van der Waals surface area contributed by atoms with Crippen LogP contribution in [-0.2, 0) is 16.1 Å². The van der Waals surface area contributed by atoms with Gasteiger partial charge in [0.15, 0.2) is 0 Å². The van der Waals surface area contributed by atoms with Crippen LogP contribution in [0.25, 0.3) is 0 Å². The molecule has 1 amide bonds. The highest BCUT2D eigenvalue weighted by Gasteiger charge is 2.17. The molecule has 6 heteroatoms. The standard InChI is InChI=1S/C16H22N2O3.ClH/c1-2-21-16(20)13-7-5-12(6-8-13)11-18-15(19)10-14-4-3-9-17-14;/h5-8,14,17H,2-4,9-11H2,1H3,(H,18,19);1H. The second-order valence-corrected chi connectivity index (χ2v) is 5.19. The number of nitrogens with one attached hydrogen (secondary N) is 2. The molecule has 1 aliphatic rings. The lowest BCUT2D eigenvalue weighted by atomic mass is 10.1. The van der Waals surface area contributed by atoms with E-state index < -0.39 is 0 Å². The van der Waals surface area contributed by atoms with Crippen molar-refractivity contribution in [1.82, 2.24) is 10.6 Å². The Balaban J connectivity index is 0.00000242. The zero-order valence-electron chi connectivity index (χ0n) is 12.8. The van der Waals surface area contributed by atoms with Crippen molar-refractivity contribution in [1.29, 1.82) is 0 Å². The van der Waals surface area contributed by atoms with Gasteiger partial charge in [0.25, 0.3) is 0 Å². The number of ether oxygens (including phenoxy) is 1. The summed E-state index contributed by atoms with van der Waals surface area (Å²) in [5.74, 6) is -0.260. The van der Waals surface area contributed by atoms with E-state index in [-0.39, 0.29) is 24.3 Å². The first-order chi connectivity index (χ1) is 10.2. The molecule has 0 radical (unpaired) electrons. The molecular formula is C16H23ClN2O3. The number of benzene rings is 1. The first-order valence-corrected chi connectivity index (χ1v) is 7.45. The van der Waals surface area contributed by atoms with Gasteiger partial charge in [0.05, 0.1) is 12.2 Å². The molecule has 1 unspecified atom stereocenters. The fourth-order valence-corrected chi connectivity index (χ4v) is 2.40. The van der Waals surface area contributed by atoms with Gasteiger partial charge in [0.2, 0.25) is 5.91 Å². The van der Waals surface area contributed by atoms with Gasteiger partial charge in [0, 0.05) is 19.0 Å². The van der Waals surface area contributed by atoms with E-state index in [4.69, 9.17) is 4.74 Å². The zero-order chi connectivity index (χ0) is 15.1. The van der Waals surface area contributed by atoms with Crippen LogP contribution in [0.15, 0.2) is 24.3 Å². The normalized spacial score (nSPS) is 16.7. The van der Waals surface area contributed by atoms with E-state index in [1.807, 2.05) is 12.1 Å². The van der Waals surface area contributed by atoms with E-state index in [9.17, 15) is 9.59 Å². The number of amides is 1. The molecule has 122 valence electrons. The Bertz CT molecular complexity index is 485. The van der Waals surface area contributed by atoms with Crippen molar-refractivity contribution < 1.29 is 14.3 Å². The summed E-state index contributed by atoms with van der Waals surface area (Å²) in [6.07, 6.45) is 2.75. The van der Waals surface area contributed by atoms with Crippen molar-refractivity contribution in [3.05, 3.63) is 35.4 Å². The third-order valence-electron chi connectivity index (χ3n) is 3.55. The van der Waals surface area contributed by atoms with E-state index >= 15 is 0 Å². The molecule has 2 rings (SSSR count). The molecule has 1 aromatic rings. The number of carbonyl (C=O) groups is 2. The predicted molar refractivity (Wildman–Crippen MR) is 87.1 cm³/mol. The second-order valence-electron chi connectivity index (χ2n) is 5.19. The number of esters is 1. The third kappa shape index (κ3) is 5.66. The highest BCUT2D eigenvalue weighted by Crippen LogP contribution is 2.09. The molecule has 1 fully saturated rings. The van der Waals surface area contributed by atoms with Crippen LogP contribution in [0.4, 0.5) is 0 Å². The lowest BCUT2D eigenvalue weighted by Gasteiger charge is -2.10. The van der Waals surface area contributed by atoms with Gasteiger partial charge in [0.1, 0.15) is 0 Å². The number of halogens is 1. The summed E-state index contributed by atoms with van der Waals surface area (Å²) in [5.41, 5.74) is 1.50. The monoisotopic (exact) mass is 326 g/mol. The highest BCUT2D eigenvalue weighted by molar-refractivity contribution is 5.89. The van der Waals surface area contributed by atoms with Crippen molar-refractivity contribution in [3.63, 3.8) is 0 Å². The topological polar surface area (TPSA) is 67.4 Å². The molecule has 5 nitrogen and oxygen atoms in total. The van der Waals surface area contributed by atoms with Gasteiger partial charge < -0.3 is 15.4 Å². The fraction of sp³-hybridized carbons (Fsp3) is 0.500. The molecule has 1 atom stereocenters. The van der Waals surface area contributed by atoms with Gasteiger partial charge in [-0.3, -0.25) is 4.79 Å². The van der Waals surface area contributed by atoms with Crippen molar-refractivity contribution >= 4 is 24.3 Å². The molecular weight excluding hydrogens is 304 g/mol. The van der Waals surface area contributed by atoms with Gasteiger partial charge in [-0.15, -0.1) is 12.4 Å². The van der Waals surface area contributed by atoms with Crippen molar-refractivity contribution in [2.24, 2.45) is 0 Å². The van der Waals surface area contributed by atoms with Crippen LogP contribution in [0.2, 0.25) is 0 Å². The first kappa shape index (κ1) is 18.5. The lowest BCUT2D eigenvalue weighted by Crippen LogP contribution is -2.31. The Kier molecular flexibility index (Phi) is 7.91. The molecule has 0 saturated carbocycles. The zero-order valence-corrected chi connectivity index (χ0v) is 13.6. The van der Waals surface area contributed by atoms with Crippen LogP contribution in [-0.4, -0.2) is 31.1 Å². The number of carbonyl (C=O) groups excluding carboxylic acids is 2. The Labute approximate surface area is 137 Å². The molecule has 22 heavy (non-hydrogen) atoms. The Hall–Kier alpha value is -1.59. The summed E-state index contributed by atoms with van der Waals surface area (Å²) in [7, 11) is 0. The highest BCUT2D eigenvalue weighted by atomic mass is 35.5. The molecule has 2 N–H and O–H groups in total. The van der Waals surface area contributed by atoms with Crippen LogP contribution in [0.3, 0.4) is 0 Å². The summed E-state index contributed by atoms with van der Waals surface area (Å²) < 4.78 is 4.92. The summed E-state index contributed by atoms with van der Waals surface area (Å²) in [6, 6.07) is 7.42. The average Bonchev–Trinajstić information content (AvgIpc) is 2.99. The molecule has 1 heterocycles. The van der Waals surface area contributed by atoms with Gasteiger partial charge in [-0.05, 0) is 44.0 Å². The Morgan fingerprint density at radius 3 is 2.64 bits per heavy atom. The van der Waals surface area contributed by atoms with Crippen LogP contribution in [0.5, 0.6) is 0 Å². The molecule has 0 aliphatic carbocycles. The summed E-state index contributed by atoms with van der Waals surface area (Å²) >= 11 is 0. The minimum absolute atomic E-state index is 0. The smallest absolute Gasteiger partial charge is 0.338 e. The van der Waals surface area contributed by atoms with Gasteiger partial charge in [-0.1, -0.05) is 12.1 Å². The lowest BCUT2D eigenvalue weighted by molar-refractivity contribution is -0.121. The van der Waals surface area contributed by atoms with E-state index in [1.54, 1.807) is 19.1 Å². The van der Waals surface area contributed by atoms with Crippen molar-refractivity contribution in [2.45, 2.75) is 38.8 Å². The molecule has 0 aromatic heterocycles. The summed E-state index contributed by atoms with van der Waals surface area (Å²) in [4.78, 5) is 23.3. The summed E-state index contributed by atoms with van der Waals surface area (Å²) in [6.45, 7) is 3.63. The van der Waals surface area contributed by atoms with E-state index in [0.717, 1.165) is 24.9 Å². The van der Waals surface area contributed by atoms with E-state index in [1.165, 1.54) is 0 Å². The van der Waals surface area contributed by atoms with Gasteiger partial charge in [-0.2, -0.15) is 0 Å². The van der Waals surface area contributed by atoms with Gasteiger partial charge >= 0.3 is 5.97 Å². The van der Waals surface area contributed by atoms with Crippen LogP contribution in [0.1, 0.15) is 42.1 Å². The Morgan fingerprint density at radius 2 is 2.05 bits per heavy atom. The van der Waals surface area contributed by atoms with Crippen LogP contribution < -0.4 is 10.6 Å². The quantitative estimate of drug-likeness (QED) is 0.785. The average molecular weight is 327 g/mol. The molecule has 0 bridgehead atoms. The fourth-order valence-electron chi connectivity index (χ4n) is 2.40. The molecule has 1 saturated heterocycles. The van der Waals surface area contributed by atoms with Crippen LogP contribution in [0, 0.1) is 0 Å². The number of hydrogen-bond acceptors (Lipinski definition) is 4. The summed E-state index contributed by atoms with van der Waals surface area (Å²) in [5, 5.41) is 6.21. The van der Waals surface area contributed by atoms with Crippen molar-refractivity contribution in [2.75, 3.05) is 13.2 Å².